The largest absolute Gasteiger partial charge is 0.489 e. The molecule has 166 valence electrons. The molecule has 2 aliphatic rings. The molecule has 0 saturated carbocycles. The molecule has 6 nitrogen and oxygen atoms in total. The van der Waals surface area contributed by atoms with Gasteiger partial charge in [0, 0.05) is 43.8 Å². The lowest BCUT2D eigenvalue weighted by Gasteiger charge is -2.37. The van der Waals surface area contributed by atoms with E-state index in [0.717, 1.165) is 51.5 Å². The molecule has 2 fully saturated rings. The minimum absolute atomic E-state index is 0.0711. The summed E-state index contributed by atoms with van der Waals surface area (Å²) in [7, 11) is 0. The van der Waals surface area contributed by atoms with E-state index in [9.17, 15) is 4.79 Å². The molecular formula is C25H32N2O4. The first-order chi connectivity index (χ1) is 15.2. The second-order valence-electron chi connectivity index (χ2n) is 8.35. The molecule has 2 unspecified atom stereocenters. The van der Waals surface area contributed by atoms with E-state index in [1.807, 2.05) is 36.4 Å². The Bertz CT molecular complexity index is 860. The van der Waals surface area contributed by atoms with Crippen LogP contribution in [0.2, 0.25) is 0 Å². The number of carbonyl (C=O) groups is 1. The zero-order chi connectivity index (χ0) is 21.5. The predicted octanol–water partition coefficient (Wildman–Crippen LogP) is 3.04. The van der Waals surface area contributed by atoms with Crippen molar-refractivity contribution < 1.29 is 19.0 Å². The summed E-state index contributed by atoms with van der Waals surface area (Å²) in [5.74, 6) is 1.07. The number of nitrogens with zero attached hydrogens (tertiary/aromatic N) is 1. The van der Waals surface area contributed by atoms with Crippen LogP contribution in [-0.2, 0) is 16.1 Å². The predicted molar refractivity (Wildman–Crippen MR) is 119 cm³/mol. The van der Waals surface area contributed by atoms with Crippen LogP contribution in [0.25, 0.3) is 0 Å². The van der Waals surface area contributed by atoms with Crippen LogP contribution in [0.4, 0.5) is 0 Å². The second kappa shape index (κ2) is 10.8. The van der Waals surface area contributed by atoms with Gasteiger partial charge in [-0.15, -0.1) is 0 Å². The Balaban J connectivity index is 1.35. The van der Waals surface area contributed by atoms with Crippen molar-refractivity contribution >= 4 is 5.91 Å². The smallest absolute Gasteiger partial charge is 0.251 e. The van der Waals surface area contributed by atoms with Crippen molar-refractivity contribution in [3.63, 3.8) is 0 Å². The molecule has 0 spiro atoms. The number of hydrogen-bond acceptors (Lipinski definition) is 5. The average molecular weight is 425 g/mol. The molecule has 6 heteroatoms. The number of hydrogen-bond donors (Lipinski definition) is 1. The summed E-state index contributed by atoms with van der Waals surface area (Å²) in [6, 6.07) is 15.9. The number of morpholine rings is 1. The van der Waals surface area contributed by atoms with Crippen LogP contribution < -0.4 is 10.1 Å². The fourth-order valence-corrected chi connectivity index (χ4v) is 4.35. The third-order valence-electron chi connectivity index (χ3n) is 6.08. The van der Waals surface area contributed by atoms with Gasteiger partial charge < -0.3 is 19.5 Å². The molecule has 2 aromatic rings. The van der Waals surface area contributed by atoms with Crippen molar-refractivity contribution in [2.24, 2.45) is 5.92 Å². The van der Waals surface area contributed by atoms with E-state index < -0.39 is 0 Å². The van der Waals surface area contributed by atoms with Crippen LogP contribution in [0, 0.1) is 12.8 Å². The van der Waals surface area contributed by atoms with Crippen molar-refractivity contribution in [2.75, 3.05) is 46.1 Å². The van der Waals surface area contributed by atoms with E-state index >= 15 is 0 Å². The van der Waals surface area contributed by atoms with Gasteiger partial charge in [0.05, 0.1) is 19.8 Å². The molecule has 1 N–H and O–H groups in total. The van der Waals surface area contributed by atoms with Gasteiger partial charge in [-0.1, -0.05) is 35.9 Å². The highest BCUT2D eigenvalue weighted by Crippen LogP contribution is 2.22. The van der Waals surface area contributed by atoms with Gasteiger partial charge in [-0.3, -0.25) is 9.69 Å². The first-order valence-electron chi connectivity index (χ1n) is 11.2. The number of benzene rings is 2. The quantitative estimate of drug-likeness (QED) is 0.706. The number of nitrogens with one attached hydrogen (secondary N) is 1. The van der Waals surface area contributed by atoms with Crippen LogP contribution in [0.15, 0.2) is 48.5 Å². The molecule has 2 aliphatic heterocycles. The highest BCUT2D eigenvalue weighted by Gasteiger charge is 2.31. The summed E-state index contributed by atoms with van der Waals surface area (Å²) in [6.07, 6.45) is 1.04. The normalized spacial score (nSPS) is 20.4. The maximum absolute atomic E-state index is 12.9. The molecule has 0 bridgehead atoms. The molecule has 0 aromatic heterocycles. The highest BCUT2D eigenvalue weighted by molar-refractivity contribution is 5.94. The monoisotopic (exact) mass is 424 g/mol. The van der Waals surface area contributed by atoms with Crippen molar-refractivity contribution in [3.05, 3.63) is 65.2 Å². The van der Waals surface area contributed by atoms with Gasteiger partial charge >= 0.3 is 0 Å². The third-order valence-corrected chi connectivity index (χ3v) is 6.08. The fourth-order valence-electron chi connectivity index (χ4n) is 4.35. The Morgan fingerprint density at radius 1 is 1.13 bits per heavy atom. The van der Waals surface area contributed by atoms with Crippen molar-refractivity contribution in [2.45, 2.75) is 26.0 Å². The summed E-state index contributed by atoms with van der Waals surface area (Å²) in [4.78, 5) is 15.3. The van der Waals surface area contributed by atoms with Crippen LogP contribution >= 0.6 is 0 Å². The molecule has 31 heavy (non-hydrogen) atoms. The molecule has 4 rings (SSSR count). The third kappa shape index (κ3) is 6.06. The van der Waals surface area contributed by atoms with E-state index in [-0.39, 0.29) is 11.9 Å². The Kier molecular flexibility index (Phi) is 7.57. The van der Waals surface area contributed by atoms with Gasteiger partial charge in [-0.2, -0.15) is 0 Å². The minimum Gasteiger partial charge on any atom is -0.489 e. The fraction of sp³-hybridized carbons (Fsp3) is 0.480. The lowest BCUT2D eigenvalue weighted by molar-refractivity contribution is 0.00166. The molecule has 2 saturated heterocycles. The summed E-state index contributed by atoms with van der Waals surface area (Å²) in [5, 5.41) is 3.15. The number of carbonyl (C=O) groups excluding carboxylic acids is 1. The van der Waals surface area contributed by atoms with E-state index in [2.05, 4.69) is 29.3 Å². The van der Waals surface area contributed by atoms with E-state index in [1.54, 1.807) is 0 Å². The van der Waals surface area contributed by atoms with Crippen LogP contribution in [0.5, 0.6) is 5.75 Å². The number of amides is 1. The Morgan fingerprint density at radius 3 is 2.74 bits per heavy atom. The number of aryl methyl sites for hydroxylation is 1. The molecule has 1 amide bonds. The molecule has 2 heterocycles. The molecule has 0 radical (unpaired) electrons. The maximum Gasteiger partial charge on any atom is 0.251 e. The average Bonchev–Trinajstić information content (AvgIpc) is 3.33. The van der Waals surface area contributed by atoms with Gasteiger partial charge in [0.25, 0.3) is 5.91 Å². The van der Waals surface area contributed by atoms with Gasteiger partial charge in [-0.25, -0.2) is 0 Å². The Hall–Kier alpha value is -2.41. The number of ether oxygens (including phenoxy) is 3. The first kappa shape index (κ1) is 21.8. The SMILES string of the molecule is Cc1cccc(COc2cccc(C(=O)NCC(C3CCOC3)N3CCOCC3)c2)c1. The van der Waals surface area contributed by atoms with Gasteiger partial charge in [-0.05, 0) is 37.1 Å². The van der Waals surface area contributed by atoms with Crippen molar-refractivity contribution in [1.82, 2.24) is 10.2 Å². The van der Waals surface area contributed by atoms with Gasteiger partial charge in [0.1, 0.15) is 12.4 Å². The lowest BCUT2D eigenvalue weighted by Crippen LogP contribution is -2.52. The summed E-state index contributed by atoms with van der Waals surface area (Å²) in [6.45, 7) is 8.03. The zero-order valence-corrected chi connectivity index (χ0v) is 18.2. The Morgan fingerprint density at radius 2 is 1.97 bits per heavy atom. The molecule has 2 aromatic carbocycles. The number of rotatable bonds is 8. The maximum atomic E-state index is 12.9. The van der Waals surface area contributed by atoms with E-state index in [0.29, 0.717) is 30.4 Å². The van der Waals surface area contributed by atoms with E-state index in [4.69, 9.17) is 14.2 Å². The second-order valence-corrected chi connectivity index (χ2v) is 8.35. The summed E-state index contributed by atoms with van der Waals surface area (Å²) in [5.41, 5.74) is 2.93. The first-order valence-corrected chi connectivity index (χ1v) is 11.2. The van der Waals surface area contributed by atoms with Crippen LogP contribution in [0.1, 0.15) is 27.9 Å². The topological polar surface area (TPSA) is 60.0 Å². The van der Waals surface area contributed by atoms with E-state index in [1.165, 1.54) is 5.56 Å². The lowest BCUT2D eigenvalue weighted by atomic mass is 9.96. The Labute approximate surface area is 184 Å². The standard InChI is InChI=1S/C25H32N2O4/c1-19-4-2-5-20(14-19)17-31-23-7-3-6-21(15-23)25(28)26-16-24(22-8-11-30-18-22)27-9-12-29-13-10-27/h2-7,14-15,22,24H,8-13,16-18H2,1H3,(H,26,28). The zero-order valence-electron chi connectivity index (χ0n) is 18.2. The molecule has 0 aliphatic carbocycles. The molecule has 2 atom stereocenters. The minimum atomic E-state index is -0.0711. The van der Waals surface area contributed by atoms with Crippen molar-refractivity contribution in [3.8, 4) is 5.75 Å². The van der Waals surface area contributed by atoms with Crippen LogP contribution in [0.3, 0.4) is 0 Å². The van der Waals surface area contributed by atoms with Crippen molar-refractivity contribution in [1.29, 1.82) is 0 Å². The van der Waals surface area contributed by atoms with Gasteiger partial charge in [0.2, 0.25) is 0 Å². The summed E-state index contributed by atoms with van der Waals surface area (Å²) >= 11 is 0. The summed E-state index contributed by atoms with van der Waals surface area (Å²) < 4.78 is 17.0. The molecular weight excluding hydrogens is 392 g/mol. The van der Waals surface area contributed by atoms with Gasteiger partial charge in [0.15, 0.2) is 0 Å². The highest BCUT2D eigenvalue weighted by atomic mass is 16.5. The van der Waals surface area contributed by atoms with Crippen LogP contribution in [-0.4, -0.2) is 62.9 Å².